The van der Waals surface area contributed by atoms with Gasteiger partial charge in [-0.1, -0.05) is 27.7 Å². The summed E-state index contributed by atoms with van der Waals surface area (Å²) in [5, 5.41) is 0. The van der Waals surface area contributed by atoms with Crippen LogP contribution in [0.4, 0.5) is 0 Å². The van der Waals surface area contributed by atoms with Crippen molar-refractivity contribution in [2.24, 2.45) is 11.8 Å². The van der Waals surface area contributed by atoms with Gasteiger partial charge in [-0.15, -0.1) is 0 Å². The van der Waals surface area contributed by atoms with E-state index in [1.54, 1.807) is 0 Å². The molecule has 152 valence electrons. The molecule has 0 amide bonds. The highest BCUT2D eigenvalue weighted by Gasteiger charge is 2.35. The summed E-state index contributed by atoms with van der Waals surface area (Å²) in [4.78, 5) is 23.5. The third kappa shape index (κ3) is 9.82. The first kappa shape index (κ1) is 23.3. The molecule has 1 aliphatic carbocycles. The van der Waals surface area contributed by atoms with Crippen LogP contribution in [0, 0.1) is 11.8 Å². The fourth-order valence-electron chi connectivity index (χ4n) is 3.39. The number of rotatable bonds is 15. The van der Waals surface area contributed by atoms with E-state index in [-0.39, 0.29) is 17.5 Å². The van der Waals surface area contributed by atoms with Gasteiger partial charge in [0.1, 0.15) is 11.6 Å². The smallest absolute Gasteiger partial charge is 0.168 e. The molecule has 0 atom stereocenters. The molecular formula is C22H40O4. The van der Waals surface area contributed by atoms with E-state index in [0.29, 0.717) is 38.2 Å². The fraction of sp³-hybridized carbons (Fsp3) is 0.909. The van der Waals surface area contributed by atoms with E-state index in [1.807, 2.05) is 13.8 Å². The average Bonchev–Trinajstić information content (AvgIpc) is 3.04. The van der Waals surface area contributed by atoms with E-state index in [0.717, 1.165) is 45.1 Å². The molecule has 0 aromatic heterocycles. The van der Waals surface area contributed by atoms with Crippen LogP contribution in [0.15, 0.2) is 0 Å². The van der Waals surface area contributed by atoms with Crippen molar-refractivity contribution in [3.05, 3.63) is 0 Å². The number of Topliss-reactive ketones (excluding diaryl/α,β-unsaturated/α-hetero) is 2. The van der Waals surface area contributed by atoms with Crippen LogP contribution >= 0.6 is 0 Å². The predicted octanol–water partition coefficient (Wildman–Crippen LogP) is 5.47. The van der Waals surface area contributed by atoms with Crippen molar-refractivity contribution in [2.45, 2.75) is 104 Å². The second kappa shape index (κ2) is 12.6. The molecule has 1 saturated carbocycles. The lowest BCUT2D eigenvalue weighted by Crippen LogP contribution is -2.33. The van der Waals surface area contributed by atoms with E-state index in [1.165, 1.54) is 6.42 Å². The normalized spacial score (nSPS) is 16.5. The summed E-state index contributed by atoms with van der Waals surface area (Å²) in [5.41, 5.74) is 0. The molecule has 0 heterocycles. The van der Waals surface area contributed by atoms with Crippen LogP contribution in [-0.2, 0) is 19.1 Å². The van der Waals surface area contributed by atoms with Crippen molar-refractivity contribution in [3.8, 4) is 0 Å². The van der Waals surface area contributed by atoms with Crippen LogP contribution in [0.25, 0.3) is 0 Å². The van der Waals surface area contributed by atoms with Crippen molar-refractivity contribution >= 4 is 11.6 Å². The van der Waals surface area contributed by atoms with Crippen molar-refractivity contribution < 1.29 is 19.1 Å². The number of hydrogen-bond donors (Lipinski definition) is 0. The maximum atomic E-state index is 11.9. The maximum absolute atomic E-state index is 11.9. The molecule has 0 unspecified atom stereocenters. The quantitative estimate of drug-likeness (QED) is 0.284. The van der Waals surface area contributed by atoms with Crippen LogP contribution in [0.1, 0.15) is 98.3 Å². The number of hydrogen-bond acceptors (Lipinski definition) is 4. The van der Waals surface area contributed by atoms with Crippen LogP contribution in [0.5, 0.6) is 0 Å². The summed E-state index contributed by atoms with van der Waals surface area (Å²) in [7, 11) is 0. The number of carbonyl (C=O) groups excluding carboxylic acids is 2. The SMILES string of the molecule is CC(C)CCCOC1(OCCCC(=O)CCCC(=O)C(C)C)CCCC1. The molecule has 0 aliphatic heterocycles. The monoisotopic (exact) mass is 368 g/mol. The Labute approximate surface area is 160 Å². The van der Waals surface area contributed by atoms with E-state index < -0.39 is 5.79 Å². The molecule has 0 saturated heterocycles. The van der Waals surface area contributed by atoms with Gasteiger partial charge in [-0.3, -0.25) is 9.59 Å². The minimum atomic E-state index is -0.399. The van der Waals surface area contributed by atoms with E-state index >= 15 is 0 Å². The number of ketones is 2. The van der Waals surface area contributed by atoms with Crippen LogP contribution in [0.2, 0.25) is 0 Å². The van der Waals surface area contributed by atoms with Gasteiger partial charge in [0.15, 0.2) is 5.79 Å². The topological polar surface area (TPSA) is 52.6 Å². The van der Waals surface area contributed by atoms with Gasteiger partial charge in [0.25, 0.3) is 0 Å². The Morgan fingerprint density at radius 3 is 2.00 bits per heavy atom. The zero-order chi connectivity index (χ0) is 19.4. The molecule has 0 bridgehead atoms. The number of ether oxygens (including phenoxy) is 2. The molecule has 0 aromatic carbocycles. The molecule has 0 aromatic rings. The average molecular weight is 369 g/mol. The molecule has 1 aliphatic rings. The van der Waals surface area contributed by atoms with Crippen molar-refractivity contribution in [1.29, 1.82) is 0 Å². The second-order valence-electron chi connectivity index (χ2n) is 8.47. The first-order valence-electron chi connectivity index (χ1n) is 10.7. The highest BCUT2D eigenvalue weighted by Crippen LogP contribution is 2.34. The van der Waals surface area contributed by atoms with Crippen molar-refractivity contribution in [1.82, 2.24) is 0 Å². The van der Waals surface area contributed by atoms with Gasteiger partial charge < -0.3 is 9.47 Å². The molecule has 26 heavy (non-hydrogen) atoms. The first-order chi connectivity index (χ1) is 12.3. The van der Waals surface area contributed by atoms with Gasteiger partial charge >= 0.3 is 0 Å². The van der Waals surface area contributed by atoms with Crippen LogP contribution in [-0.4, -0.2) is 30.6 Å². The van der Waals surface area contributed by atoms with Crippen LogP contribution < -0.4 is 0 Å². The summed E-state index contributed by atoms with van der Waals surface area (Å²) >= 11 is 0. The summed E-state index contributed by atoms with van der Waals surface area (Å²) in [6, 6.07) is 0. The van der Waals surface area contributed by atoms with Gasteiger partial charge in [0, 0.05) is 38.0 Å². The molecule has 0 spiro atoms. The first-order valence-corrected chi connectivity index (χ1v) is 10.7. The fourth-order valence-corrected chi connectivity index (χ4v) is 3.39. The molecule has 4 heteroatoms. The maximum Gasteiger partial charge on any atom is 0.168 e. The summed E-state index contributed by atoms with van der Waals surface area (Å²) in [6.07, 6.45) is 9.52. The zero-order valence-electron chi connectivity index (χ0n) is 17.5. The van der Waals surface area contributed by atoms with Gasteiger partial charge in [-0.2, -0.15) is 0 Å². The Bertz CT molecular complexity index is 408. The van der Waals surface area contributed by atoms with E-state index in [2.05, 4.69) is 13.8 Å². The zero-order valence-corrected chi connectivity index (χ0v) is 17.5. The Morgan fingerprint density at radius 2 is 1.42 bits per heavy atom. The molecule has 1 rings (SSSR count). The van der Waals surface area contributed by atoms with Crippen molar-refractivity contribution in [2.75, 3.05) is 13.2 Å². The Hall–Kier alpha value is -0.740. The molecule has 0 N–H and O–H groups in total. The lowest BCUT2D eigenvalue weighted by atomic mass is 10.0. The van der Waals surface area contributed by atoms with Gasteiger partial charge in [0.2, 0.25) is 0 Å². The lowest BCUT2D eigenvalue weighted by molar-refractivity contribution is -0.233. The third-order valence-electron chi connectivity index (χ3n) is 5.14. The summed E-state index contributed by atoms with van der Waals surface area (Å²) < 4.78 is 12.2. The minimum Gasteiger partial charge on any atom is -0.350 e. The number of carbonyl (C=O) groups is 2. The molecular weight excluding hydrogens is 328 g/mol. The standard InChI is InChI=1S/C22H40O4/c1-18(2)10-8-16-25-22(14-5-6-15-22)26-17-9-12-20(23)11-7-13-21(24)19(3)4/h18-19H,5-17H2,1-4H3. The minimum absolute atomic E-state index is 0.0710. The second-order valence-corrected chi connectivity index (χ2v) is 8.47. The predicted molar refractivity (Wildman–Crippen MR) is 105 cm³/mol. The van der Waals surface area contributed by atoms with Gasteiger partial charge in [-0.05, 0) is 44.4 Å². The summed E-state index contributed by atoms with van der Waals surface area (Å²) in [6.45, 7) is 9.63. The Kier molecular flexibility index (Phi) is 11.3. The van der Waals surface area contributed by atoms with Crippen molar-refractivity contribution in [3.63, 3.8) is 0 Å². The van der Waals surface area contributed by atoms with E-state index in [4.69, 9.17) is 9.47 Å². The lowest BCUT2D eigenvalue weighted by Gasteiger charge is -2.30. The molecule has 4 nitrogen and oxygen atoms in total. The van der Waals surface area contributed by atoms with E-state index in [9.17, 15) is 9.59 Å². The van der Waals surface area contributed by atoms with Crippen LogP contribution in [0.3, 0.4) is 0 Å². The Morgan fingerprint density at radius 1 is 0.846 bits per heavy atom. The highest BCUT2D eigenvalue weighted by molar-refractivity contribution is 5.82. The molecule has 0 radical (unpaired) electrons. The van der Waals surface area contributed by atoms with Gasteiger partial charge in [-0.25, -0.2) is 0 Å². The Balaban J connectivity index is 2.16. The van der Waals surface area contributed by atoms with Gasteiger partial charge in [0.05, 0.1) is 13.2 Å². The highest BCUT2D eigenvalue weighted by atomic mass is 16.7. The summed E-state index contributed by atoms with van der Waals surface area (Å²) in [5.74, 6) is 0.869. The molecule has 1 fully saturated rings. The third-order valence-corrected chi connectivity index (χ3v) is 5.14. The largest absolute Gasteiger partial charge is 0.350 e.